The van der Waals surface area contributed by atoms with Gasteiger partial charge in [0.25, 0.3) is 0 Å². The number of nitrogens with zero attached hydrogens (tertiary/aromatic N) is 2. The zero-order valence-corrected chi connectivity index (χ0v) is 20.4. The van der Waals surface area contributed by atoms with Gasteiger partial charge in [0.15, 0.2) is 0 Å². The lowest BCUT2D eigenvalue weighted by Crippen LogP contribution is -2.46. The van der Waals surface area contributed by atoms with Gasteiger partial charge in [-0.1, -0.05) is 6.92 Å². The summed E-state index contributed by atoms with van der Waals surface area (Å²) >= 11 is 0. The highest BCUT2D eigenvalue weighted by atomic mass is 32.2. The van der Waals surface area contributed by atoms with Crippen LogP contribution in [0.2, 0.25) is 0 Å². The fraction of sp³-hybridized carbons (Fsp3) is 0.667. The van der Waals surface area contributed by atoms with Gasteiger partial charge in [0, 0.05) is 37.8 Å². The van der Waals surface area contributed by atoms with Crippen LogP contribution in [0.3, 0.4) is 0 Å². The Balaban J connectivity index is 1.41. The molecule has 8 heteroatoms. The Kier molecular flexibility index (Phi) is 6.13. The van der Waals surface area contributed by atoms with Crippen molar-refractivity contribution in [1.29, 1.82) is 0 Å². The minimum absolute atomic E-state index is 0.0405. The molecular formula is C24H35N3O4S. The molecular weight excluding hydrogens is 426 g/mol. The lowest BCUT2D eigenvalue weighted by atomic mass is 9.86. The number of likely N-dealkylation sites (N-methyl/N-ethyl adjacent to an activating group) is 1. The van der Waals surface area contributed by atoms with E-state index in [1.807, 2.05) is 13.8 Å². The molecule has 1 aromatic carbocycles. The van der Waals surface area contributed by atoms with Gasteiger partial charge in [-0.3, -0.25) is 9.59 Å². The molecule has 1 aliphatic carbocycles. The molecule has 0 aromatic heterocycles. The first-order chi connectivity index (χ1) is 15.0. The van der Waals surface area contributed by atoms with E-state index in [-0.39, 0.29) is 28.7 Å². The standard InChI is InChI=1S/C24H35N3O4S/c1-16-5-7-18(8-6-16)25-22(28)17-11-13-27(14-12-17)32(30,31)19-9-10-21-20(15-19)24(2,3)23(29)26(21)4/h9-10,15-18H,5-8,11-14H2,1-4H3,(H,25,28). The molecule has 0 bridgehead atoms. The summed E-state index contributed by atoms with van der Waals surface area (Å²) in [5.41, 5.74) is 0.742. The van der Waals surface area contributed by atoms with E-state index < -0.39 is 15.4 Å². The van der Waals surface area contributed by atoms with E-state index in [1.54, 1.807) is 30.1 Å². The number of benzene rings is 1. The number of carbonyl (C=O) groups is 2. The van der Waals surface area contributed by atoms with Crippen molar-refractivity contribution in [2.75, 3.05) is 25.0 Å². The maximum absolute atomic E-state index is 13.3. The number of piperidine rings is 1. The van der Waals surface area contributed by atoms with Crippen LogP contribution in [0.25, 0.3) is 0 Å². The third kappa shape index (κ3) is 4.07. The lowest BCUT2D eigenvalue weighted by molar-refractivity contribution is -0.127. The molecule has 0 radical (unpaired) electrons. The summed E-state index contributed by atoms with van der Waals surface area (Å²) < 4.78 is 28.1. The van der Waals surface area contributed by atoms with Gasteiger partial charge in [-0.25, -0.2) is 8.42 Å². The summed E-state index contributed by atoms with van der Waals surface area (Å²) in [5, 5.41) is 3.20. The largest absolute Gasteiger partial charge is 0.353 e. The summed E-state index contributed by atoms with van der Waals surface area (Å²) in [5.74, 6) is 0.634. The second-order valence-corrected chi connectivity index (χ2v) is 12.2. The van der Waals surface area contributed by atoms with E-state index in [9.17, 15) is 18.0 Å². The highest BCUT2D eigenvalue weighted by Crippen LogP contribution is 2.42. The lowest BCUT2D eigenvalue weighted by Gasteiger charge is -2.33. The Labute approximate surface area is 191 Å². The quantitative estimate of drug-likeness (QED) is 0.747. The van der Waals surface area contributed by atoms with Crippen LogP contribution >= 0.6 is 0 Å². The van der Waals surface area contributed by atoms with Gasteiger partial charge >= 0.3 is 0 Å². The highest BCUT2D eigenvalue weighted by Gasteiger charge is 2.43. The number of hydrogen-bond donors (Lipinski definition) is 1. The zero-order valence-electron chi connectivity index (χ0n) is 19.6. The summed E-state index contributed by atoms with van der Waals surface area (Å²) in [6, 6.07) is 5.22. The van der Waals surface area contributed by atoms with Crippen LogP contribution in [0.5, 0.6) is 0 Å². The first-order valence-corrected chi connectivity index (χ1v) is 13.2. The molecule has 1 aromatic rings. The molecule has 2 heterocycles. The van der Waals surface area contributed by atoms with Crippen molar-refractivity contribution in [3.63, 3.8) is 0 Å². The maximum atomic E-state index is 13.3. The number of hydrogen-bond acceptors (Lipinski definition) is 4. The van der Waals surface area contributed by atoms with Crippen LogP contribution in [0.15, 0.2) is 23.1 Å². The SMILES string of the molecule is CC1CCC(NC(=O)C2CCN(S(=O)(=O)c3ccc4c(c3)C(C)(C)C(=O)N4C)CC2)CC1. The number of anilines is 1. The third-order valence-electron chi connectivity index (χ3n) is 7.67. The van der Waals surface area contributed by atoms with E-state index in [4.69, 9.17) is 0 Å². The molecule has 1 N–H and O–H groups in total. The van der Waals surface area contributed by atoms with Gasteiger partial charge in [0.2, 0.25) is 21.8 Å². The van der Waals surface area contributed by atoms with E-state index >= 15 is 0 Å². The van der Waals surface area contributed by atoms with E-state index in [0.717, 1.165) is 42.9 Å². The van der Waals surface area contributed by atoms with Crippen molar-refractivity contribution in [1.82, 2.24) is 9.62 Å². The van der Waals surface area contributed by atoms with Crippen LogP contribution in [-0.2, 0) is 25.0 Å². The topological polar surface area (TPSA) is 86.8 Å². The monoisotopic (exact) mass is 461 g/mol. The molecule has 176 valence electrons. The Morgan fingerprint density at radius 2 is 1.69 bits per heavy atom. The van der Waals surface area contributed by atoms with Crippen molar-refractivity contribution in [3.05, 3.63) is 23.8 Å². The molecule has 3 aliphatic rings. The number of carbonyl (C=O) groups excluding carboxylic acids is 2. The van der Waals surface area contributed by atoms with Crippen molar-refractivity contribution in [2.24, 2.45) is 11.8 Å². The average Bonchev–Trinajstić information content (AvgIpc) is 2.95. The molecule has 1 saturated heterocycles. The van der Waals surface area contributed by atoms with Gasteiger partial charge in [-0.15, -0.1) is 0 Å². The first-order valence-electron chi connectivity index (χ1n) is 11.7. The predicted molar refractivity (Wildman–Crippen MR) is 124 cm³/mol. The second kappa shape index (κ2) is 8.45. The van der Waals surface area contributed by atoms with Gasteiger partial charge in [-0.2, -0.15) is 4.31 Å². The van der Waals surface area contributed by atoms with E-state index in [2.05, 4.69) is 12.2 Å². The number of nitrogens with one attached hydrogen (secondary N) is 1. The molecule has 2 aliphatic heterocycles. The molecule has 7 nitrogen and oxygen atoms in total. The number of amides is 2. The van der Waals surface area contributed by atoms with Crippen LogP contribution in [0.1, 0.15) is 64.9 Å². The Bertz CT molecular complexity index is 1000. The highest BCUT2D eigenvalue weighted by molar-refractivity contribution is 7.89. The van der Waals surface area contributed by atoms with Gasteiger partial charge < -0.3 is 10.2 Å². The van der Waals surface area contributed by atoms with Gasteiger partial charge in [0.05, 0.1) is 10.3 Å². The fourth-order valence-corrected chi connectivity index (χ4v) is 6.84. The number of sulfonamides is 1. The molecule has 2 amide bonds. The maximum Gasteiger partial charge on any atom is 0.243 e. The minimum atomic E-state index is -3.68. The summed E-state index contributed by atoms with van der Waals surface area (Å²) in [6.45, 7) is 6.57. The molecule has 0 unspecified atom stereocenters. The smallest absolute Gasteiger partial charge is 0.243 e. The molecule has 32 heavy (non-hydrogen) atoms. The van der Waals surface area contributed by atoms with Gasteiger partial charge in [0.1, 0.15) is 0 Å². The van der Waals surface area contributed by atoms with Crippen molar-refractivity contribution >= 4 is 27.5 Å². The summed E-state index contributed by atoms with van der Waals surface area (Å²) in [7, 11) is -1.96. The molecule has 1 saturated carbocycles. The predicted octanol–water partition coefficient (Wildman–Crippen LogP) is 3.04. The van der Waals surface area contributed by atoms with Crippen LogP contribution < -0.4 is 10.2 Å². The van der Waals surface area contributed by atoms with Crippen molar-refractivity contribution in [3.8, 4) is 0 Å². The van der Waals surface area contributed by atoms with Crippen LogP contribution in [0.4, 0.5) is 5.69 Å². The number of rotatable bonds is 4. The molecule has 2 fully saturated rings. The van der Waals surface area contributed by atoms with Crippen molar-refractivity contribution < 1.29 is 18.0 Å². The average molecular weight is 462 g/mol. The normalized spacial score (nSPS) is 26.8. The molecule has 0 atom stereocenters. The van der Waals surface area contributed by atoms with Crippen LogP contribution in [0, 0.1) is 11.8 Å². The Hall–Kier alpha value is -1.93. The minimum Gasteiger partial charge on any atom is -0.353 e. The Morgan fingerprint density at radius 3 is 2.31 bits per heavy atom. The third-order valence-corrected chi connectivity index (χ3v) is 9.56. The van der Waals surface area contributed by atoms with E-state index in [0.29, 0.717) is 25.9 Å². The first kappa shape index (κ1) is 23.2. The summed E-state index contributed by atoms with van der Waals surface area (Å²) in [4.78, 5) is 27.1. The van der Waals surface area contributed by atoms with E-state index in [1.165, 1.54) is 4.31 Å². The fourth-order valence-electron chi connectivity index (χ4n) is 5.34. The van der Waals surface area contributed by atoms with Crippen molar-refractivity contribution in [2.45, 2.75) is 75.6 Å². The molecule has 0 spiro atoms. The molecule has 4 rings (SSSR count). The Morgan fingerprint density at radius 1 is 1.06 bits per heavy atom. The van der Waals surface area contributed by atoms with Gasteiger partial charge in [-0.05, 0) is 82.1 Å². The summed E-state index contributed by atoms with van der Waals surface area (Å²) in [6.07, 6.45) is 5.44. The van der Waals surface area contributed by atoms with Crippen LogP contribution in [-0.4, -0.2) is 50.7 Å². The second-order valence-electron chi connectivity index (χ2n) is 10.3. The number of fused-ring (bicyclic) bond motifs is 1. The zero-order chi connectivity index (χ0) is 23.3.